The Hall–Kier alpha value is 0.437. The molecule has 8 heavy (non-hydrogen) atoms. The van der Waals surface area contributed by atoms with Crippen LogP contribution in [0, 0.1) is 0 Å². The van der Waals surface area contributed by atoms with Crippen LogP contribution in [-0.4, -0.2) is 14.3 Å². The monoisotopic (exact) mass is 154 g/mol. The minimum absolute atomic E-state index is 0.417. The molecule has 0 aromatic heterocycles. The summed E-state index contributed by atoms with van der Waals surface area (Å²) >= 11 is 5.41. The van der Waals surface area contributed by atoms with Crippen LogP contribution in [0.3, 0.4) is 0 Å². The standard InChI is InChI=1S/C3H5F.C2H7ClSi/c4-3-1-2-3;1-4(2)3/h3H,1-2H2;4H,1-2H3. The normalized spacial score (nSPS) is 17.6. The van der Waals surface area contributed by atoms with Crippen LogP contribution in [0.15, 0.2) is 0 Å². The van der Waals surface area contributed by atoms with Crippen LogP contribution in [0.4, 0.5) is 4.39 Å². The fraction of sp³-hybridized carbons (Fsp3) is 1.00. The van der Waals surface area contributed by atoms with Crippen molar-refractivity contribution in [1.82, 2.24) is 0 Å². The quantitative estimate of drug-likeness (QED) is 0.371. The van der Waals surface area contributed by atoms with Crippen molar-refractivity contribution < 1.29 is 4.39 Å². The zero-order chi connectivity index (χ0) is 6.57. The molecule has 0 amide bonds. The Kier molecular flexibility index (Phi) is 4.57. The highest BCUT2D eigenvalue weighted by molar-refractivity contribution is 7.05. The summed E-state index contributed by atoms with van der Waals surface area (Å²) in [4.78, 5) is 0. The number of rotatable bonds is 0. The van der Waals surface area contributed by atoms with Gasteiger partial charge in [-0.05, 0) is 12.8 Å². The summed E-state index contributed by atoms with van der Waals surface area (Å²) in [6, 6.07) is 0. The van der Waals surface area contributed by atoms with Crippen molar-refractivity contribution in [1.29, 1.82) is 0 Å². The van der Waals surface area contributed by atoms with Crippen LogP contribution >= 0.6 is 11.1 Å². The van der Waals surface area contributed by atoms with Gasteiger partial charge in [-0.25, -0.2) is 4.39 Å². The first-order chi connectivity index (χ1) is 3.63. The molecule has 0 aromatic rings. The van der Waals surface area contributed by atoms with Crippen molar-refractivity contribution in [3.8, 4) is 0 Å². The van der Waals surface area contributed by atoms with Crippen molar-refractivity contribution in [2.24, 2.45) is 0 Å². The lowest BCUT2D eigenvalue weighted by Gasteiger charge is -1.72. The largest absolute Gasteiger partial charge is 0.247 e. The van der Waals surface area contributed by atoms with Crippen LogP contribution in [0.2, 0.25) is 13.1 Å². The molecule has 0 atom stereocenters. The molecule has 0 heterocycles. The minimum atomic E-state index is -0.667. The molecular formula is C5H12ClFSi. The number of hydrogen-bond donors (Lipinski definition) is 0. The third-order valence-corrected chi connectivity index (χ3v) is 0.507. The lowest BCUT2D eigenvalue weighted by Crippen LogP contribution is -1.78. The van der Waals surface area contributed by atoms with Crippen LogP contribution in [0.1, 0.15) is 12.8 Å². The van der Waals surface area contributed by atoms with Crippen molar-refractivity contribution in [3.05, 3.63) is 0 Å². The second-order valence-corrected chi connectivity index (χ2v) is 6.83. The van der Waals surface area contributed by atoms with Gasteiger partial charge in [0.1, 0.15) is 14.3 Å². The van der Waals surface area contributed by atoms with Gasteiger partial charge in [-0.1, -0.05) is 13.1 Å². The molecule has 1 rings (SSSR count). The van der Waals surface area contributed by atoms with E-state index in [2.05, 4.69) is 13.1 Å². The maximum absolute atomic E-state index is 11.1. The van der Waals surface area contributed by atoms with Gasteiger partial charge < -0.3 is 0 Å². The van der Waals surface area contributed by atoms with Gasteiger partial charge >= 0.3 is 0 Å². The first kappa shape index (κ1) is 8.44. The first-order valence-corrected chi connectivity index (χ1v) is 6.96. The highest BCUT2D eigenvalue weighted by Gasteiger charge is 2.18. The van der Waals surface area contributed by atoms with E-state index in [1.807, 2.05) is 0 Å². The van der Waals surface area contributed by atoms with E-state index in [4.69, 9.17) is 11.1 Å². The first-order valence-electron chi connectivity index (χ1n) is 2.91. The molecule has 1 aliphatic rings. The molecule has 1 saturated carbocycles. The molecule has 0 N–H and O–H groups in total. The van der Waals surface area contributed by atoms with E-state index in [-0.39, 0.29) is 0 Å². The Morgan fingerprint density at radius 3 is 1.62 bits per heavy atom. The van der Waals surface area contributed by atoms with Gasteiger partial charge in [0, 0.05) is 0 Å². The molecule has 3 heteroatoms. The number of halogens is 2. The summed E-state index contributed by atoms with van der Waals surface area (Å²) in [5, 5.41) is 0. The van der Waals surface area contributed by atoms with Crippen molar-refractivity contribution >= 4 is 19.2 Å². The zero-order valence-electron chi connectivity index (χ0n) is 5.32. The van der Waals surface area contributed by atoms with Crippen LogP contribution in [-0.2, 0) is 0 Å². The summed E-state index contributed by atoms with van der Waals surface area (Å²) in [6.45, 7) is 4.14. The molecule has 50 valence electrons. The van der Waals surface area contributed by atoms with Gasteiger partial charge in [-0.2, -0.15) is 11.1 Å². The van der Waals surface area contributed by atoms with Gasteiger partial charge in [0.05, 0.1) is 0 Å². The molecule has 0 aromatic carbocycles. The molecule has 0 radical (unpaired) electrons. The second kappa shape index (κ2) is 4.33. The third-order valence-electron chi connectivity index (χ3n) is 0.507. The van der Waals surface area contributed by atoms with Crippen LogP contribution in [0.25, 0.3) is 0 Å². The summed E-state index contributed by atoms with van der Waals surface area (Å²) in [5.41, 5.74) is 0. The highest BCUT2D eigenvalue weighted by Crippen LogP contribution is 2.22. The molecule has 0 bridgehead atoms. The van der Waals surface area contributed by atoms with Gasteiger partial charge in [0.2, 0.25) is 0 Å². The molecule has 1 fully saturated rings. The number of hydrogen-bond acceptors (Lipinski definition) is 0. The molecular weight excluding hydrogens is 143 g/mol. The summed E-state index contributed by atoms with van der Waals surface area (Å²) in [7, 11) is -0.667. The Labute approximate surface area is 56.4 Å². The third kappa shape index (κ3) is 16.1. The predicted molar refractivity (Wildman–Crippen MR) is 38.9 cm³/mol. The Balaban J connectivity index is 0.000000122. The maximum Gasteiger partial charge on any atom is 0.134 e. The van der Waals surface area contributed by atoms with E-state index in [1.54, 1.807) is 0 Å². The lowest BCUT2D eigenvalue weighted by atomic mass is 10.9. The molecule has 0 spiro atoms. The number of alkyl halides is 1. The molecule has 0 unspecified atom stereocenters. The van der Waals surface area contributed by atoms with E-state index in [0.717, 1.165) is 12.8 Å². The fourth-order valence-corrected chi connectivity index (χ4v) is 0.0630. The Morgan fingerprint density at radius 1 is 1.50 bits per heavy atom. The molecule has 0 nitrogen and oxygen atoms in total. The summed E-state index contributed by atoms with van der Waals surface area (Å²) < 4.78 is 11.1. The Bertz CT molecular complexity index is 51.6. The summed E-state index contributed by atoms with van der Waals surface area (Å²) in [6.07, 6.45) is 1.22. The van der Waals surface area contributed by atoms with Crippen LogP contribution < -0.4 is 0 Å². The molecule has 1 aliphatic carbocycles. The van der Waals surface area contributed by atoms with Crippen molar-refractivity contribution in [2.75, 3.05) is 0 Å². The predicted octanol–water partition coefficient (Wildman–Crippen LogP) is 2.33. The van der Waals surface area contributed by atoms with Crippen LogP contribution in [0.5, 0.6) is 0 Å². The van der Waals surface area contributed by atoms with Gasteiger partial charge in [0.25, 0.3) is 0 Å². The van der Waals surface area contributed by atoms with Gasteiger partial charge in [0.15, 0.2) is 0 Å². The average molecular weight is 155 g/mol. The SMILES string of the molecule is C[SiH](C)Cl.FC1CC1. The average Bonchev–Trinajstić information content (AvgIpc) is 2.19. The van der Waals surface area contributed by atoms with Gasteiger partial charge in [-0.3, -0.25) is 0 Å². The van der Waals surface area contributed by atoms with E-state index >= 15 is 0 Å². The summed E-state index contributed by atoms with van der Waals surface area (Å²) in [5.74, 6) is 0. The lowest BCUT2D eigenvalue weighted by molar-refractivity contribution is 0.480. The van der Waals surface area contributed by atoms with Crippen molar-refractivity contribution in [3.63, 3.8) is 0 Å². The van der Waals surface area contributed by atoms with Gasteiger partial charge in [-0.15, -0.1) is 0 Å². The second-order valence-electron chi connectivity index (χ2n) is 2.19. The van der Waals surface area contributed by atoms with E-state index in [1.165, 1.54) is 0 Å². The van der Waals surface area contributed by atoms with E-state index < -0.39 is 14.3 Å². The zero-order valence-corrected chi connectivity index (χ0v) is 7.24. The molecule has 0 saturated heterocycles. The Morgan fingerprint density at radius 2 is 1.62 bits per heavy atom. The van der Waals surface area contributed by atoms with E-state index in [0.29, 0.717) is 0 Å². The van der Waals surface area contributed by atoms with E-state index in [9.17, 15) is 4.39 Å². The topological polar surface area (TPSA) is 0 Å². The maximum atomic E-state index is 11.1. The fourth-order valence-electron chi connectivity index (χ4n) is 0.0630. The molecule has 0 aliphatic heterocycles. The minimum Gasteiger partial charge on any atom is -0.247 e. The smallest absolute Gasteiger partial charge is 0.134 e. The van der Waals surface area contributed by atoms with Crippen molar-refractivity contribution in [2.45, 2.75) is 32.1 Å². The highest BCUT2D eigenvalue weighted by atomic mass is 35.6.